The lowest BCUT2D eigenvalue weighted by molar-refractivity contribution is 0.0703. The molecule has 0 aliphatic carbocycles. The molecule has 4 rings (SSSR count). The van der Waals surface area contributed by atoms with Gasteiger partial charge in [0.15, 0.2) is 0 Å². The van der Waals surface area contributed by atoms with Crippen molar-refractivity contribution in [2.45, 2.75) is 18.9 Å². The first-order chi connectivity index (χ1) is 12.6. The van der Waals surface area contributed by atoms with Gasteiger partial charge >= 0.3 is 0 Å². The number of piperidine rings is 1. The number of hydrogen-bond acceptors (Lipinski definition) is 4. The summed E-state index contributed by atoms with van der Waals surface area (Å²) in [5, 5.41) is 3.33. The fourth-order valence-electron chi connectivity index (χ4n) is 3.54. The molecule has 1 aliphatic heterocycles. The zero-order valence-corrected chi connectivity index (χ0v) is 15.1. The van der Waals surface area contributed by atoms with Gasteiger partial charge < -0.3 is 14.8 Å². The molecule has 1 N–H and O–H groups in total. The van der Waals surface area contributed by atoms with Crippen molar-refractivity contribution >= 4 is 16.9 Å². The lowest BCUT2D eigenvalue weighted by Gasteiger charge is -2.31. The molecule has 2 aromatic heterocycles. The van der Waals surface area contributed by atoms with E-state index in [1.165, 1.54) is 0 Å². The number of nitrogens with zero attached hydrogens (tertiary/aromatic N) is 4. The van der Waals surface area contributed by atoms with E-state index < -0.39 is 0 Å². The van der Waals surface area contributed by atoms with Crippen molar-refractivity contribution in [1.29, 1.82) is 0 Å². The van der Waals surface area contributed by atoms with Crippen LogP contribution >= 0.6 is 0 Å². The zero-order chi connectivity index (χ0) is 18.1. The molecular formula is C20H23N5O. The monoisotopic (exact) mass is 349 g/mol. The molecule has 1 aliphatic rings. The van der Waals surface area contributed by atoms with E-state index in [0.29, 0.717) is 11.6 Å². The number of carbonyl (C=O) groups is 1. The molecule has 6 nitrogen and oxygen atoms in total. The zero-order valence-electron chi connectivity index (χ0n) is 15.1. The van der Waals surface area contributed by atoms with Crippen LogP contribution < -0.4 is 5.32 Å². The van der Waals surface area contributed by atoms with Crippen LogP contribution in [0.15, 0.2) is 42.9 Å². The highest BCUT2D eigenvalue weighted by atomic mass is 16.2. The molecule has 0 bridgehead atoms. The molecule has 26 heavy (non-hydrogen) atoms. The Morgan fingerprint density at radius 3 is 2.73 bits per heavy atom. The number of aromatic nitrogens is 3. The van der Waals surface area contributed by atoms with Gasteiger partial charge in [-0.05, 0) is 50.2 Å². The average Bonchev–Trinajstić information content (AvgIpc) is 3.08. The molecule has 1 saturated heterocycles. The van der Waals surface area contributed by atoms with E-state index >= 15 is 0 Å². The van der Waals surface area contributed by atoms with Crippen LogP contribution in [-0.2, 0) is 7.05 Å². The molecule has 3 heterocycles. The standard InChI is InChI=1S/C20H23N5O/c1-24-13-23-18-6-3-14(11-19(18)24)17-5-4-15(12-22-17)20(26)25(2)16-7-9-21-10-8-16/h3-6,11-13,16,21H,7-10H2,1-2H3. The molecule has 0 unspecified atom stereocenters. The summed E-state index contributed by atoms with van der Waals surface area (Å²) in [4.78, 5) is 23.5. The highest BCUT2D eigenvalue weighted by Crippen LogP contribution is 2.23. The molecule has 0 saturated carbocycles. The SMILES string of the molecule is CN(C(=O)c1ccc(-c2ccc3ncn(C)c3c2)nc1)C1CCNCC1. The van der Waals surface area contributed by atoms with Crippen LogP contribution in [0.5, 0.6) is 0 Å². The van der Waals surface area contributed by atoms with E-state index in [1.807, 2.05) is 47.8 Å². The molecule has 6 heteroatoms. The van der Waals surface area contributed by atoms with Crippen LogP contribution in [0.25, 0.3) is 22.3 Å². The third-order valence-electron chi connectivity index (χ3n) is 5.21. The molecule has 1 amide bonds. The summed E-state index contributed by atoms with van der Waals surface area (Å²) in [6, 6.07) is 10.2. The van der Waals surface area contributed by atoms with Gasteiger partial charge in [0.05, 0.1) is 28.6 Å². The molecular weight excluding hydrogens is 326 g/mol. The van der Waals surface area contributed by atoms with Gasteiger partial charge in [-0.2, -0.15) is 0 Å². The second-order valence-electron chi connectivity index (χ2n) is 6.89. The van der Waals surface area contributed by atoms with Gasteiger partial charge in [0.2, 0.25) is 0 Å². The Labute approximate surface area is 152 Å². The van der Waals surface area contributed by atoms with E-state index in [4.69, 9.17) is 0 Å². The minimum absolute atomic E-state index is 0.0398. The quantitative estimate of drug-likeness (QED) is 0.789. The minimum Gasteiger partial charge on any atom is -0.339 e. The number of hydrogen-bond donors (Lipinski definition) is 1. The van der Waals surface area contributed by atoms with Crippen LogP contribution in [0.3, 0.4) is 0 Å². The van der Waals surface area contributed by atoms with Crippen molar-refractivity contribution in [2.75, 3.05) is 20.1 Å². The molecule has 0 radical (unpaired) electrons. The number of imidazole rings is 1. The van der Waals surface area contributed by atoms with Crippen LogP contribution in [0.2, 0.25) is 0 Å². The Morgan fingerprint density at radius 2 is 2.00 bits per heavy atom. The number of aryl methyl sites for hydroxylation is 1. The van der Waals surface area contributed by atoms with Crippen LogP contribution in [0, 0.1) is 0 Å². The Bertz CT molecular complexity index is 925. The largest absolute Gasteiger partial charge is 0.339 e. The Kier molecular flexibility index (Phi) is 4.42. The van der Waals surface area contributed by atoms with Gasteiger partial charge in [0, 0.05) is 31.9 Å². The van der Waals surface area contributed by atoms with Crippen LogP contribution in [0.4, 0.5) is 0 Å². The first-order valence-electron chi connectivity index (χ1n) is 8.99. The van der Waals surface area contributed by atoms with Gasteiger partial charge in [-0.25, -0.2) is 4.98 Å². The van der Waals surface area contributed by atoms with Crippen molar-refractivity contribution in [3.63, 3.8) is 0 Å². The molecule has 0 spiro atoms. The fraction of sp³-hybridized carbons (Fsp3) is 0.350. The Hall–Kier alpha value is -2.73. The second-order valence-corrected chi connectivity index (χ2v) is 6.89. The topological polar surface area (TPSA) is 63.1 Å². The maximum atomic E-state index is 12.7. The molecule has 1 fully saturated rings. The molecule has 3 aromatic rings. The normalized spacial score (nSPS) is 15.3. The molecule has 0 atom stereocenters. The van der Waals surface area contributed by atoms with Crippen molar-refractivity contribution in [3.05, 3.63) is 48.4 Å². The highest BCUT2D eigenvalue weighted by molar-refractivity contribution is 5.94. The Balaban J connectivity index is 1.55. The first-order valence-corrected chi connectivity index (χ1v) is 8.99. The van der Waals surface area contributed by atoms with Gasteiger partial charge in [0.1, 0.15) is 0 Å². The number of benzene rings is 1. The van der Waals surface area contributed by atoms with Crippen molar-refractivity contribution in [3.8, 4) is 11.3 Å². The van der Waals surface area contributed by atoms with E-state index in [9.17, 15) is 4.79 Å². The number of rotatable bonds is 3. The predicted molar refractivity (Wildman–Crippen MR) is 102 cm³/mol. The van der Waals surface area contributed by atoms with E-state index in [2.05, 4.69) is 21.4 Å². The maximum Gasteiger partial charge on any atom is 0.255 e. The summed E-state index contributed by atoms with van der Waals surface area (Å²) < 4.78 is 1.99. The molecule has 134 valence electrons. The summed E-state index contributed by atoms with van der Waals surface area (Å²) in [7, 11) is 3.87. The molecule has 1 aromatic carbocycles. The average molecular weight is 349 g/mol. The van der Waals surface area contributed by atoms with E-state index in [-0.39, 0.29) is 5.91 Å². The lowest BCUT2D eigenvalue weighted by Crippen LogP contribution is -2.43. The van der Waals surface area contributed by atoms with Crippen molar-refractivity contribution < 1.29 is 4.79 Å². The first kappa shape index (κ1) is 16.7. The highest BCUT2D eigenvalue weighted by Gasteiger charge is 2.23. The van der Waals surface area contributed by atoms with Crippen LogP contribution in [0.1, 0.15) is 23.2 Å². The third-order valence-corrected chi connectivity index (χ3v) is 5.21. The summed E-state index contributed by atoms with van der Waals surface area (Å²) in [5.74, 6) is 0.0398. The number of amides is 1. The van der Waals surface area contributed by atoms with Crippen LogP contribution in [-0.4, -0.2) is 51.5 Å². The van der Waals surface area contributed by atoms with E-state index in [1.54, 1.807) is 12.5 Å². The number of carbonyl (C=O) groups excluding carboxylic acids is 1. The summed E-state index contributed by atoms with van der Waals surface area (Å²) in [6.45, 7) is 1.94. The van der Waals surface area contributed by atoms with Gasteiger partial charge in [0.25, 0.3) is 5.91 Å². The fourth-order valence-corrected chi connectivity index (χ4v) is 3.54. The lowest BCUT2D eigenvalue weighted by atomic mass is 10.0. The number of pyridine rings is 1. The number of fused-ring (bicyclic) bond motifs is 1. The minimum atomic E-state index is 0.0398. The third kappa shape index (κ3) is 3.08. The smallest absolute Gasteiger partial charge is 0.255 e. The van der Waals surface area contributed by atoms with E-state index in [0.717, 1.165) is 48.2 Å². The van der Waals surface area contributed by atoms with Crippen molar-refractivity contribution in [2.24, 2.45) is 7.05 Å². The Morgan fingerprint density at radius 1 is 1.19 bits per heavy atom. The van der Waals surface area contributed by atoms with Gasteiger partial charge in [-0.3, -0.25) is 9.78 Å². The number of nitrogens with one attached hydrogen (secondary N) is 1. The second kappa shape index (κ2) is 6.88. The van der Waals surface area contributed by atoms with Gasteiger partial charge in [-0.15, -0.1) is 0 Å². The van der Waals surface area contributed by atoms with Crippen molar-refractivity contribution in [1.82, 2.24) is 24.8 Å². The summed E-state index contributed by atoms with van der Waals surface area (Å²) in [5.41, 5.74) is 4.54. The maximum absolute atomic E-state index is 12.7. The summed E-state index contributed by atoms with van der Waals surface area (Å²) in [6.07, 6.45) is 5.49. The van der Waals surface area contributed by atoms with Gasteiger partial charge in [-0.1, -0.05) is 6.07 Å². The predicted octanol–water partition coefficient (Wildman–Crippen LogP) is 2.46. The summed E-state index contributed by atoms with van der Waals surface area (Å²) >= 11 is 0.